The van der Waals surface area contributed by atoms with Crippen molar-refractivity contribution in [3.05, 3.63) is 39.8 Å². The van der Waals surface area contributed by atoms with E-state index in [0.29, 0.717) is 11.3 Å². The third kappa shape index (κ3) is 4.50. The van der Waals surface area contributed by atoms with Crippen LogP contribution in [0.1, 0.15) is 22.8 Å². The van der Waals surface area contributed by atoms with E-state index in [1.54, 1.807) is 6.92 Å². The van der Waals surface area contributed by atoms with Gasteiger partial charge in [-0.25, -0.2) is 4.79 Å². The van der Waals surface area contributed by atoms with Gasteiger partial charge in [-0.1, -0.05) is 12.1 Å². The van der Waals surface area contributed by atoms with Crippen molar-refractivity contribution >= 4 is 17.8 Å². The van der Waals surface area contributed by atoms with E-state index in [-0.39, 0.29) is 18.7 Å². The van der Waals surface area contributed by atoms with Gasteiger partial charge >= 0.3 is 11.9 Å². The molecule has 0 saturated heterocycles. The summed E-state index contributed by atoms with van der Waals surface area (Å²) in [6.07, 6.45) is 0. The van der Waals surface area contributed by atoms with Crippen LogP contribution in [0.5, 0.6) is 5.75 Å². The van der Waals surface area contributed by atoms with Crippen LogP contribution >= 0.6 is 0 Å². The van der Waals surface area contributed by atoms with Crippen molar-refractivity contribution in [3.63, 3.8) is 0 Å². The number of nitrogens with one attached hydrogen (secondary N) is 1. The summed E-state index contributed by atoms with van der Waals surface area (Å²) in [7, 11) is 1.38. The molecule has 0 saturated carbocycles. The Morgan fingerprint density at radius 1 is 1.36 bits per heavy atom. The second-order valence-electron chi connectivity index (χ2n) is 3.92. The fourth-order valence-corrected chi connectivity index (χ4v) is 1.57. The van der Waals surface area contributed by atoms with E-state index in [0.717, 1.165) is 0 Å². The Labute approximate surface area is 125 Å². The third-order valence-corrected chi connectivity index (χ3v) is 2.57. The molecule has 0 heterocycles. The van der Waals surface area contributed by atoms with Gasteiger partial charge in [0.15, 0.2) is 0 Å². The summed E-state index contributed by atoms with van der Waals surface area (Å²) in [6, 6.07) is 4.32. The number of hydrogen-bond donors (Lipinski definition) is 1. The molecule has 0 bridgehead atoms. The zero-order chi connectivity index (χ0) is 16.5. The van der Waals surface area contributed by atoms with Gasteiger partial charge in [0, 0.05) is 22.6 Å². The molecule has 0 fully saturated rings. The van der Waals surface area contributed by atoms with Crippen molar-refractivity contribution in [2.75, 3.05) is 13.7 Å². The van der Waals surface area contributed by atoms with Crippen LogP contribution in [0, 0.1) is 0 Å². The molecule has 2 amide bonds. The molecule has 0 radical (unpaired) electrons. The molecule has 1 aromatic carbocycles. The Balaban J connectivity index is 2.83. The fourth-order valence-electron chi connectivity index (χ4n) is 1.57. The summed E-state index contributed by atoms with van der Waals surface area (Å²) in [5.74, 6) is -2.29. The molecule has 0 aliphatic rings. The standard InChI is InChI=1S/C13H14N4O5/c1-3-22-13(20)12(19)15-7-9-5-4-8(6-10(9)21-2)11(18)16-17-14/h4-6H,3,7H2,1-2H3,(H,15,19). The van der Waals surface area contributed by atoms with Gasteiger partial charge in [-0.2, -0.15) is 0 Å². The van der Waals surface area contributed by atoms with Gasteiger partial charge in [-0.15, -0.1) is 0 Å². The van der Waals surface area contributed by atoms with E-state index in [2.05, 4.69) is 20.1 Å². The molecule has 0 aliphatic heterocycles. The number of amides is 2. The highest BCUT2D eigenvalue weighted by Gasteiger charge is 2.15. The Morgan fingerprint density at radius 2 is 2.09 bits per heavy atom. The minimum Gasteiger partial charge on any atom is -0.496 e. The lowest BCUT2D eigenvalue weighted by Crippen LogP contribution is -2.32. The molecule has 22 heavy (non-hydrogen) atoms. The molecular weight excluding hydrogens is 292 g/mol. The first-order chi connectivity index (χ1) is 10.5. The van der Waals surface area contributed by atoms with Gasteiger partial charge < -0.3 is 14.8 Å². The van der Waals surface area contributed by atoms with Gasteiger partial charge in [-0.3, -0.25) is 9.59 Å². The van der Waals surface area contributed by atoms with E-state index in [1.807, 2.05) is 0 Å². The second kappa shape index (κ2) is 8.28. The average molecular weight is 306 g/mol. The fraction of sp³-hybridized carbons (Fsp3) is 0.308. The molecule has 0 aliphatic carbocycles. The minimum atomic E-state index is -0.975. The lowest BCUT2D eigenvalue weighted by atomic mass is 10.1. The Morgan fingerprint density at radius 3 is 2.68 bits per heavy atom. The predicted octanol–water partition coefficient (Wildman–Crippen LogP) is 1.32. The van der Waals surface area contributed by atoms with E-state index in [9.17, 15) is 14.4 Å². The van der Waals surface area contributed by atoms with Crippen LogP contribution in [0.15, 0.2) is 23.3 Å². The van der Waals surface area contributed by atoms with Gasteiger partial charge in [0.05, 0.1) is 13.7 Å². The van der Waals surface area contributed by atoms with Crippen molar-refractivity contribution in [2.24, 2.45) is 5.11 Å². The lowest BCUT2D eigenvalue weighted by molar-refractivity contribution is -0.154. The Hall–Kier alpha value is -3.06. The van der Waals surface area contributed by atoms with E-state index in [1.165, 1.54) is 25.3 Å². The maximum atomic E-state index is 11.4. The summed E-state index contributed by atoms with van der Waals surface area (Å²) < 4.78 is 9.65. The lowest BCUT2D eigenvalue weighted by Gasteiger charge is -2.10. The van der Waals surface area contributed by atoms with Crippen molar-refractivity contribution in [3.8, 4) is 5.75 Å². The number of ether oxygens (including phenoxy) is 2. The first-order valence-electron chi connectivity index (χ1n) is 6.24. The van der Waals surface area contributed by atoms with Crippen molar-refractivity contribution in [1.82, 2.24) is 5.32 Å². The molecular formula is C13H14N4O5. The van der Waals surface area contributed by atoms with Crippen LogP contribution in [0.3, 0.4) is 0 Å². The molecule has 0 spiro atoms. The minimum absolute atomic E-state index is 0.0107. The first kappa shape index (κ1) is 17.0. The Kier molecular flexibility index (Phi) is 6.39. The van der Waals surface area contributed by atoms with Crippen molar-refractivity contribution < 1.29 is 23.9 Å². The number of rotatable bonds is 5. The molecule has 1 aromatic rings. The number of esters is 1. The van der Waals surface area contributed by atoms with E-state index < -0.39 is 17.8 Å². The maximum absolute atomic E-state index is 11.4. The van der Waals surface area contributed by atoms with Crippen LogP contribution < -0.4 is 10.1 Å². The molecule has 116 valence electrons. The van der Waals surface area contributed by atoms with Crippen molar-refractivity contribution in [1.29, 1.82) is 0 Å². The SMILES string of the molecule is CCOC(=O)C(=O)NCc1ccc(C(=O)N=[N+]=[N-])cc1OC. The molecule has 0 unspecified atom stereocenters. The quantitative estimate of drug-likeness (QED) is 0.288. The average Bonchev–Trinajstić information content (AvgIpc) is 2.52. The number of azide groups is 1. The largest absolute Gasteiger partial charge is 0.496 e. The normalized spacial score (nSPS) is 9.36. The van der Waals surface area contributed by atoms with E-state index in [4.69, 9.17) is 10.3 Å². The first-order valence-corrected chi connectivity index (χ1v) is 6.24. The zero-order valence-corrected chi connectivity index (χ0v) is 12.0. The summed E-state index contributed by atoms with van der Waals surface area (Å²) in [5, 5.41) is 5.34. The number of carbonyl (C=O) groups is 3. The van der Waals surface area contributed by atoms with Gasteiger partial charge in [0.1, 0.15) is 5.75 Å². The number of benzene rings is 1. The number of carbonyl (C=O) groups excluding carboxylic acids is 3. The second-order valence-corrected chi connectivity index (χ2v) is 3.92. The summed E-state index contributed by atoms with van der Waals surface area (Å²) in [4.78, 5) is 36.5. The molecule has 0 aromatic heterocycles. The smallest absolute Gasteiger partial charge is 0.396 e. The number of hydrogen-bond acceptors (Lipinski definition) is 5. The molecule has 9 heteroatoms. The summed E-state index contributed by atoms with van der Waals surface area (Å²) >= 11 is 0. The molecule has 1 N–H and O–H groups in total. The summed E-state index contributed by atoms with van der Waals surface area (Å²) in [5.41, 5.74) is 8.92. The van der Waals surface area contributed by atoms with Crippen molar-refractivity contribution in [2.45, 2.75) is 13.5 Å². The highest BCUT2D eigenvalue weighted by Crippen LogP contribution is 2.20. The van der Waals surface area contributed by atoms with Crippen LogP contribution in [0.25, 0.3) is 10.4 Å². The molecule has 0 atom stereocenters. The monoisotopic (exact) mass is 306 g/mol. The van der Waals surface area contributed by atoms with Crippen LogP contribution in [-0.2, 0) is 20.9 Å². The maximum Gasteiger partial charge on any atom is 0.396 e. The summed E-state index contributed by atoms with van der Waals surface area (Å²) in [6.45, 7) is 1.70. The highest BCUT2D eigenvalue weighted by molar-refractivity contribution is 6.32. The highest BCUT2D eigenvalue weighted by atomic mass is 16.5. The molecule has 9 nitrogen and oxygen atoms in total. The van der Waals surface area contributed by atoms with Gasteiger partial charge in [-0.05, 0) is 23.6 Å². The number of methoxy groups -OCH3 is 1. The van der Waals surface area contributed by atoms with Crippen LogP contribution in [0.2, 0.25) is 0 Å². The zero-order valence-electron chi connectivity index (χ0n) is 12.0. The van der Waals surface area contributed by atoms with Crippen LogP contribution in [-0.4, -0.2) is 31.5 Å². The molecule has 1 rings (SSSR count). The van der Waals surface area contributed by atoms with Crippen LogP contribution in [0.4, 0.5) is 0 Å². The van der Waals surface area contributed by atoms with Gasteiger partial charge in [0.25, 0.3) is 0 Å². The Bertz CT molecular complexity index is 637. The topological polar surface area (TPSA) is 130 Å². The number of nitrogens with zero attached hydrogens (tertiary/aromatic N) is 3. The van der Waals surface area contributed by atoms with Gasteiger partial charge in [0.2, 0.25) is 5.91 Å². The predicted molar refractivity (Wildman–Crippen MR) is 75.0 cm³/mol. The van der Waals surface area contributed by atoms with E-state index >= 15 is 0 Å². The third-order valence-electron chi connectivity index (χ3n) is 2.57.